The van der Waals surface area contributed by atoms with Gasteiger partial charge in [0.05, 0.1) is 5.56 Å². The van der Waals surface area contributed by atoms with Crippen molar-refractivity contribution in [2.45, 2.75) is 51.6 Å². The van der Waals surface area contributed by atoms with Crippen LogP contribution < -0.4 is 10.6 Å². The molecule has 5 nitrogen and oxygen atoms in total. The SMILES string of the molecule is Cc1cccc(C2=CC3=CCNC=C3C(C)(NC3CCN(C(=O)c4ccc(C)nc4)CC3)C2)c1. The number of aryl methyl sites for hydroxylation is 2. The predicted molar refractivity (Wildman–Crippen MR) is 137 cm³/mol. The fourth-order valence-electron chi connectivity index (χ4n) is 5.47. The van der Waals surface area contributed by atoms with E-state index in [1.807, 2.05) is 24.0 Å². The number of likely N-dealkylation sites (tertiary alicyclic amines) is 1. The van der Waals surface area contributed by atoms with Crippen molar-refractivity contribution in [3.8, 4) is 0 Å². The van der Waals surface area contributed by atoms with E-state index in [0.29, 0.717) is 11.6 Å². The van der Waals surface area contributed by atoms with E-state index in [4.69, 9.17) is 0 Å². The van der Waals surface area contributed by atoms with Crippen LogP contribution in [0.1, 0.15) is 53.4 Å². The van der Waals surface area contributed by atoms with E-state index in [0.717, 1.165) is 44.6 Å². The highest BCUT2D eigenvalue weighted by Gasteiger charge is 2.38. The second-order valence-electron chi connectivity index (χ2n) is 10.1. The summed E-state index contributed by atoms with van der Waals surface area (Å²) in [5.41, 5.74) is 8.06. The Morgan fingerprint density at radius 1 is 1.18 bits per heavy atom. The number of hydrogen-bond donors (Lipinski definition) is 2. The number of allylic oxidation sites excluding steroid dienone is 1. The normalized spacial score (nSPS) is 22.8. The number of hydrogen-bond acceptors (Lipinski definition) is 4. The number of nitrogens with zero attached hydrogens (tertiary/aromatic N) is 2. The number of nitrogens with one attached hydrogen (secondary N) is 2. The molecule has 5 heteroatoms. The van der Waals surface area contributed by atoms with Gasteiger partial charge in [-0.1, -0.05) is 42.0 Å². The molecule has 0 radical (unpaired) electrons. The lowest BCUT2D eigenvalue weighted by Crippen LogP contribution is -2.55. The largest absolute Gasteiger partial charge is 0.387 e. The third-order valence-corrected chi connectivity index (χ3v) is 7.32. The second-order valence-corrected chi connectivity index (χ2v) is 10.1. The average Bonchev–Trinajstić information content (AvgIpc) is 2.84. The van der Waals surface area contributed by atoms with Crippen molar-refractivity contribution in [2.24, 2.45) is 0 Å². The summed E-state index contributed by atoms with van der Waals surface area (Å²) in [6.07, 6.45) is 11.4. The maximum absolute atomic E-state index is 12.9. The van der Waals surface area contributed by atoms with Crippen LogP contribution in [0.25, 0.3) is 5.57 Å². The molecule has 3 aliphatic rings. The molecule has 2 N–H and O–H groups in total. The van der Waals surface area contributed by atoms with Gasteiger partial charge in [-0.2, -0.15) is 0 Å². The molecule has 1 aromatic carbocycles. The summed E-state index contributed by atoms with van der Waals surface area (Å²) in [6.45, 7) is 8.82. The number of piperidine rings is 1. The molecule has 1 fully saturated rings. The summed E-state index contributed by atoms with van der Waals surface area (Å²) in [5, 5.41) is 7.43. The molecule has 1 unspecified atom stereocenters. The van der Waals surface area contributed by atoms with Gasteiger partial charge in [-0.25, -0.2) is 0 Å². The summed E-state index contributed by atoms with van der Waals surface area (Å²) < 4.78 is 0. The van der Waals surface area contributed by atoms with E-state index in [2.05, 4.69) is 72.1 Å². The zero-order chi connectivity index (χ0) is 23.7. The van der Waals surface area contributed by atoms with Gasteiger partial charge < -0.3 is 15.5 Å². The fraction of sp³-hybridized carbons (Fsp3) is 0.379. The number of pyridine rings is 1. The second kappa shape index (κ2) is 9.22. The summed E-state index contributed by atoms with van der Waals surface area (Å²) in [6, 6.07) is 13.0. The first-order valence-corrected chi connectivity index (χ1v) is 12.3. The van der Waals surface area contributed by atoms with Crippen molar-refractivity contribution in [2.75, 3.05) is 19.6 Å². The van der Waals surface area contributed by atoms with Crippen molar-refractivity contribution >= 4 is 11.5 Å². The number of aromatic nitrogens is 1. The Kier molecular flexibility index (Phi) is 6.13. The minimum atomic E-state index is -0.162. The third-order valence-electron chi connectivity index (χ3n) is 7.32. The predicted octanol–water partition coefficient (Wildman–Crippen LogP) is 4.55. The Morgan fingerprint density at radius 3 is 2.74 bits per heavy atom. The lowest BCUT2D eigenvalue weighted by molar-refractivity contribution is 0.0697. The van der Waals surface area contributed by atoms with Gasteiger partial charge in [-0.15, -0.1) is 0 Å². The maximum Gasteiger partial charge on any atom is 0.255 e. The summed E-state index contributed by atoms with van der Waals surface area (Å²) in [7, 11) is 0. The van der Waals surface area contributed by atoms with Gasteiger partial charge in [0.1, 0.15) is 0 Å². The summed E-state index contributed by atoms with van der Waals surface area (Å²) in [5.74, 6) is 0.0869. The summed E-state index contributed by atoms with van der Waals surface area (Å²) >= 11 is 0. The van der Waals surface area contributed by atoms with Gasteiger partial charge in [0, 0.05) is 49.3 Å². The molecule has 5 rings (SSSR count). The van der Waals surface area contributed by atoms with Crippen molar-refractivity contribution in [1.29, 1.82) is 0 Å². The van der Waals surface area contributed by atoms with Crippen LogP contribution in [0.2, 0.25) is 0 Å². The van der Waals surface area contributed by atoms with Crippen LogP contribution in [-0.2, 0) is 0 Å². The van der Waals surface area contributed by atoms with Gasteiger partial charge >= 0.3 is 0 Å². The minimum Gasteiger partial charge on any atom is -0.387 e. The molecule has 0 saturated carbocycles. The molecule has 0 bridgehead atoms. The highest BCUT2D eigenvalue weighted by Crippen LogP contribution is 2.41. The Morgan fingerprint density at radius 2 is 2.00 bits per heavy atom. The first-order chi connectivity index (χ1) is 16.4. The van der Waals surface area contributed by atoms with Crippen LogP contribution in [0, 0.1) is 13.8 Å². The summed E-state index contributed by atoms with van der Waals surface area (Å²) in [4.78, 5) is 19.2. The molecule has 2 aromatic rings. The number of carbonyl (C=O) groups is 1. The van der Waals surface area contributed by atoms with Crippen molar-refractivity contribution < 1.29 is 4.79 Å². The molecule has 3 heterocycles. The van der Waals surface area contributed by atoms with Crippen LogP contribution >= 0.6 is 0 Å². The maximum atomic E-state index is 12.9. The van der Waals surface area contributed by atoms with Gasteiger partial charge in [-0.3, -0.25) is 9.78 Å². The number of rotatable bonds is 4. The molecule has 1 aliphatic carbocycles. The average molecular weight is 455 g/mol. The van der Waals surface area contributed by atoms with Gasteiger partial charge in [0.15, 0.2) is 0 Å². The zero-order valence-corrected chi connectivity index (χ0v) is 20.4. The van der Waals surface area contributed by atoms with E-state index in [-0.39, 0.29) is 11.4 Å². The molecule has 1 aromatic heterocycles. The number of amides is 1. The third kappa shape index (κ3) is 4.58. The quantitative estimate of drug-likeness (QED) is 0.712. The Labute approximate surface area is 202 Å². The number of fused-ring (bicyclic) bond motifs is 1. The fourth-order valence-corrected chi connectivity index (χ4v) is 5.47. The molecule has 1 amide bonds. The molecular formula is C29H34N4O. The topological polar surface area (TPSA) is 57.3 Å². The van der Waals surface area contributed by atoms with Crippen LogP contribution in [0.3, 0.4) is 0 Å². The van der Waals surface area contributed by atoms with Crippen molar-refractivity contribution in [3.05, 3.63) is 94.5 Å². The first-order valence-electron chi connectivity index (χ1n) is 12.3. The number of benzene rings is 1. The molecule has 176 valence electrons. The smallest absolute Gasteiger partial charge is 0.255 e. The van der Waals surface area contributed by atoms with E-state index < -0.39 is 0 Å². The number of dihydropyridines is 1. The molecular weight excluding hydrogens is 420 g/mol. The van der Waals surface area contributed by atoms with E-state index in [9.17, 15) is 4.79 Å². The molecule has 1 atom stereocenters. The van der Waals surface area contributed by atoms with Crippen LogP contribution in [0.15, 0.2) is 72.1 Å². The van der Waals surface area contributed by atoms with Crippen molar-refractivity contribution in [1.82, 2.24) is 20.5 Å². The lowest BCUT2D eigenvalue weighted by atomic mass is 9.73. The molecule has 0 spiro atoms. The minimum absolute atomic E-state index is 0.0869. The van der Waals surface area contributed by atoms with Crippen LogP contribution in [0.5, 0.6) is 0 Å². The van der Waals surface area contributed by atoms with Gasteiger partial charge in [0.25, 0.3) is 5.91 Å². The zero-order valence-electron chi connectivity index (χ0n) is 20.4. The first kappa shape index (κ1) is 22.6. The standard InChI is InChI=1S/C29H34N4O/c1-20-5-4-6-22(15-20)25-16-23-9-12-30-19-27(23)29(3,17-25)32-26-10-13-33(14-11-26)28(34)24-8-7-21(2)31-18-24/h4-9,15-16,18-19,26,30,32H,10-14,17H2,1-3H3. The highest BCUT2D eigenvalue weighted by atomic mass is 16.2. The molecule has 1 saturated heterocycles. The molecule has 2 aliphatic heterocycles. The number of carbonyl (C=O) groups excluding carboxylic acids is 1. The Bertz CT molecular complexity index is 1170. The molecule has 34 heavy (non-hydrogen) atoms. The van der Waals surface area contributed by atoms with Crippen LogP contribution in [-0.4, -0.2) is 47.0 Å². The lowest BCUT2D eigenvalue weighted by Gasteiger charge is -2.44. The van der Waals surface area contributed by atoms with Crippen LogP contribution in [0.4, 0.5) is 0 Å². The Balaban J connectivity index is 1.30. The van der Waals surface area contributed by atoms with E-state index >= 15 is 0 Å². The van der Waals surface area contributed by atoms with E-state index in [1.165, 1.54) is 27.8 Å². The monoisotopic (exact) mass is 454 g/mol. The van der Waals surface area contributed by atoms with E-state index in [1.54, 1.807) is 6.20 Å². The Hall–Kier alpha value is -3.18. The van der Waals surface area contributed by atoms with Gasteiger partial charge in [0.2, 0.25) is 0 Å². The van der Waals surface area contributed by atoms with Gasteiger partial charge in [-0.05, 0) is 74.4 Å². The van der Waals surface area contributed by atoms with Crippen molar-refractivity contribution in [3.63, 3.8) is 0 Å². The highest BCUT2D eigenvalue weighted by molar-refractivity contribution is 5.94.